The van der Waals surface area contributed by atoms with E-state index in [4.69, 9.17) is 0 Å². The average molecular weight is 270 g/mol. The van der Waals surface area contributed by atoms with E-state index in [2.05, 4.69) is 35.6 Å². The van der Waals surface area contributed by atoms with Crippen molar-refractivity contribution in [1.29, 1.82) is 0 Å². The van der Waals surface area contributed by atoms with Gasteiger partial charge in [-0.15, -0.1) is 11.3 Å². The summed E-state index contributed by atoms with van der Waals surface area (Å²) in [6, 6.07) is 10.0. The predicted octanol–water partition coefficient (Wildman–Crippen LogP) is 3.38. The summed E-state index contributed by atoms with van der Waals surface area (Å²) in [6.07, 6.45) is 1.94. The smallest absolute Gasteiger partial charge is 0.167 e. The molecule has 0 radical (unpaired) electrons. The van der Waals surface area contributed by atoms with Gasteiger partial charge in [0.15, 0.2) is 5.01 Å². The molecular formula is C16H18N2S. The van der Waals surface area contributed by atoms with Crippen molar-refractivity contribution in [1.82, 2.24) is 9.88 Å². The molecule has 2 rings (SSSR count). The van der Waals surface area contributed by atoms with Gasteiger partial charge < -0.3 is 0 Å². The Labute approximate surface area is 119 Å². The summed E-state index contributed by atoms with van der Waals surface area (Å²) in [5.41, 5.74) is 1.03. The molecule has 0 unspecified atom stereocenters. The number of benzene rings is 1. The molecule has 0 saturated heterocycles. The highest BCUT2D eigenvalue weighted by atomic mass is 32.1. The molecule has 3 heteroatoms. The molecule has 98 valence electrons. The highest BCUT2D eigenvalue weighted by Gasteiger charge is 2.04. The van der Waals surface area contributed by atoms with Gasteiger partial charge in [0.25, 0.3) is 0 Å². The third kappa shape index (κ3) is 4.20. The van der Waals surface area contributed by atoms with E-state index >= 15 is 0 Å². The highest BCUT2D eigenvalue weighted by molar-refractivity contribution is 7.12. The number of rotatable bonds is 4. The van der Waals surface area contributed by atoms with E-state index in [9.17, 15) is 0 Å². The lowest BCUT2D eigenvalue weighted by molar-refractivity contribution is 0.298. The van der Waals surface area contributed by atoms with E-state index in [1.54, 1.807) is 11.3 Å². The van der Waals surface area contributed by atoms with Crippen LogP contribution in [0, 0.1) is 11.8 Å². The molecule has 0 amide bonds. The maximum Gasteiger partial charge on any atom is 0.167 e. The van der Waals surface area contributed by atoms with Crippen LogP contribution in [0.15, 0.2) is 36.5 Å². The summed E-state index contributed by atoms with van der Waals surface area (Å²) < 4.78 is 0. The first-order valence-corrected chi connectivity index (χ1v) is 7.37. The van der Waals surface area contributed by atoms with Crippen molar-refractivity contribution in [3.05, 3.63) is 52.0 Å². The molecule has 1 aromatic heterocycles. The van der Waals surface area contributed by atoms with Crippen LogP contribution >= 0.6 is 11.3 Å². The fourth-order valence-electron chi connectivity index (χ4n) is 1.75. The van der Waals surface area contributed by atoms with Crippen LogP contribution in [0.3, 0.4) is 0 Å². The predicted molar refractivity (Wildman–Crippen MR) is 81.2 cm³/mol. The van der Waals surface area contributed by atoms with E-state index in [1.165, 1.54) is 4.88 Å². The molecule has 0 N–H and O–H groups in total. The summed E-state index contributed by atoms with van der Waals surface area (Å²) in [5.74, 6) is 6.27. The zero-order valence-corrected chi connectivity index (χ0v) is 12.2. The first kappa shape index (κ1) is 13.8. The maximum atomic E-state index is 4.37. The topological polar surface area (TPSA) is 16.1 Å². The van der Waals surface area contributed by atoms with Gasteiger partial charge in [-0.05, 0) is 31.1 Å². The number of thiazole rings is 1. The van der Waals surface area contributed by atoms with Gasteiger partial charge in [0.1, 0.15) is 0 Å². The number of aromatic nitrogens is 1. The fourth-order valence-corrected chi connectivity index (χ4v) is 2.56. The van der Waals surface area contributed by atoms with Gasteiger partial charge >= 0.3 is 0 Å². The van der Waals surface area contributed by atoms with Crippen molar-refractivity contribution in [2.24, 2.45) is 0 Å². The van der Waals surface area contributed by atoms with E-state index in [-0.39, 0.29) is 0 Å². The maximum absolute atomic E-state index is 4.37. The summed E-state index contributed by atoms with van der Waals surface area (Å²) in [5, 5.41) is 0.894. The molecule has 0 aliphatic carbocycles. The van der Waals surface area contributed by atoms with Crippen molar-refractivity contribution in [3.8, 4) is 11.8 Å². The van der Waals surface area contributed by atoms with Gasteiger partial charge in [-0.25, -0.2) is 4.98 Å². The minimum absolute atomic E-state index is 0.894. The molecule has 0 fully saturated rings. The molecule has 0 spiro atoms. The lowest BCUT2D eigenvalue weighted by Crippen LogP contribution is -2.21. The standard InChI is InChI=1S/C16H18N2S/c1-3-18(4-2)13-15-12-17-16(19-15)11-10-14-8-6-5-7-9-14/h5-9,12H,3-4,13H2,1-2H3. The molecule has 1 aromatic carbocycles. The molecule has 0 atom stereocenters. The van der Waals surface area contributed by atoms with Crippen LogP contribution in [0.2, 0.25) is 0 Å². The Hall–Kier alpha value is -1.63. The van der Waals surface area contributed by atoms with Gasteiger partial charge in [0.2, 0.25) is 0 Å². The molecule has 0 saturated carbocycles. The van der Waals surface area contributed by atoms with E-state index in [0.717, 1.165) is 30.2 Å². The third-order valence-electron chi connectivity index (χ3n) is 2.91. The first-order valence-electron chi connectivity index (χ1n) is 6.56. The summed E-state index contributed by atoms with van der Waals surface area (Å²) in [7, 11) is 0. The molecule has 1 heterocycles. The van der Waals surface area contributed by atoms with Crippen LogP contribution in [-0.4, -0.2) is 23.0 Å². The van der Waals surface area contributed by atoms with E-state index in [1.807, 2.05) is 36.5 Å². The van der Waals surface area contributed by atoms with Gasteiger partial charge in [-0.2, -0.15) is 0 Å². The van der Waals surface area contributed by atoms with Crippen LogP contribution in [0.25, 0.3) is 0 Å². The van der Waals surface area contributed by atoms with E-state index in [0.29, 0.717) is 0 Å². The summed E-state index contributed by atoms with van der Waals surface area (Å²) in [6.45, 7) is 7.47. The summed E-state index contributed by atoms with van der Waals surface area (Å²) >= 11 is 1.68. The van der Waals surface area contributed by atoms with Crippen LogP contribution in [0.5, 0.6) is 0 Å². The SMILES string of the molecule is CCN(CC)Cc1cnc(C#Cc2ccccc2)s1. The van der Waals surface area contributed by atoms with Crippen molar-refractivity contribution < 1.29 is 0 Å². The van der Waals surface area contributed by atoms with Crippen molar-refractivity contribution in [2.45, 2.75) is 20.4 Å². The Morgan fingerprint density at radius 1 is 1.11 bits per heavy atom. The lowest BCUT2D eigenvalue weighted by Gasteiger charge is -2.15. The van der Waals surface area contributed by atoms with Crippen LogP contribution in [0.1, 0.15) is 29.3 Å². The van der Waals surface area contributed by atoms with Crippen LogP contribution in [0.4, 0.5) is 0 Å². The Balaban J connectivity index is 2.04. The molecule has 2 aromatic rings. The molecule has 0 aliphatic heterocycles. The Bertz CT molecular complexity index is 559. The van der Waals surface area contributed by atoms with Gasteiger partial charge in [0, 0.05) is 23.2 Å². The van der Waals surface area contributed by atoms with E-state index < -0.39 is 0 Å². The largest absolute Gasteiger partial charge is 0.299 e. The van der Waals surface area contributed by atoms with Crippen molar-refractivity contribution >= 4 is 11.3 Å². The van der Waals surface area contributed by atoms with Crippen LogP contribution in [-0.2, 0) is 6.54 Å². The number of hydrogen-bond acceptors (Lipinski definition) is 3. The Morgan fingerprint density at radius 2 is 1.84 bits per heavy atom. The average Bonchev–Trinajstić information content (AvgIpc) is 2.91. The molecular weight excluding hydrogens is 252 g/mol. The molecule has 0 aliphatic rings. The first-order chi connectivity index (χ1) is 9.31. The second-order valence-electron chi connectivity index (χ2n) is 4.21. The van der Waals surface area contributed by atoms with Crippen LogP contribution < -0.4 is 0 Å². The summed E-state index contributed by atoms with van der Waals surface area (Å²) in [4.78, 5) is 8.03. The second kappa shape index (κ2) is 7.08. The lowest BCUT2D eigenvalue weighted by atomic mass is 10.2. The molecule has 0 bridgehead atoms. The van der Waals surface area contributed by atoms with Gasteiger partial charge in [-0.3, -0.25) is 4.90 Å². The molecule has 2 nitrogen and oxygen atoms in total. The second-order valence-corrected chi connectivity index (χ2v) is 5.32. The normalized spacial score (nSPS) is 10.3. The zero-order chi connectivity index (χ0) is 13.5. The monoisotopic (exact) mass is 270 g/mol. The minimum atomic E-state index is 0.894. The quantitative estimate of drug-likeness (QED) is 0.792. The van der Waals surface area contributed by atoms with Crippen molar-refractivity contribution in [3.63, 3.8) is 0 Å². The molecule has 19 heavy (non-hydrogen) atoms. The number of hydrogen-bond donors (Lipinski definition) is 0. The number of nitrogens with zero attached hydrogens (tertiary/aromatic N) is 2. The highest BCUT2D eigenvalue weighted by Crippen LogP contribution is 2.14. The van der Waals surface area contributed by atoms with Gasteiger partial charge in [-0.1, -0.05) is 38.0 Å². The van der Waals surface area contributed by atoms with Gasteiger partial charge in [0.05, 0.1) is 0 Å². The fraction of sp³-hybridized carbons (Fsp3) is 0.312. The van der Waals surface area contributed by atoms with Crippen molar-refractivity contribution in [2.75, 3.05) is 13.1 Å². The Morgan fingerprint density at radius 3 is 2.53 bits per heavy atom. The zero-order valence-electron chi connectivity index (χ0n) is 11.4. The third-order valence-corrected chi connectivity index (χ3v) is 3.81. The Kier molecular flexibility index (Phi) is 5.14. The minimum Gasteiger partial charge on any atom is -0.299 e.